The van der Waals surface area contributed by atoms with Crippen molar-refractivity contribution < 1.29 is 13.9 Å². The lowest BCUT2D eigenvalue weighted by Gasteiger charge is -2.11. The Labute approximate surface area is 124 Å². The van der Waals surface area contributed by atoms with Gasteiger partial charge in [-0.2, -0.15) is 0 Å². The highest BCUT2D eigenvalue weighted by atomic mass is 79.9. The first-order valence-electron chi connectivity index (χ1n) is 6.18. The maximum absolute atomic E-state index is 13.9. The van der Waals surface area contributed by atoms with Crippen molar-refractivity contribution in [3.63, 3.8) is 0 Å². The van der Waals surface area contributed by atoms with Gasteiger partial charge in [0, 0.05) is 15.4 Å². The van der Waals surface area contributed by atoms with Crippen molar-refractivity contribution >= 4 is 26.9 Å². The molecule has 0 aliphatic rings. The van der Waals surface area contributed by atoms with E-state index in [-0.39, 0.29) is 5.56 Å². The third-order valence-electron chi connectivity index (χ3n) is 3.23. The zero-order valence-corrected chi connectivity index (χ0v) is 12.3. The molecule has 0 radical (unpaired) electrons. The molecule has 3 aromatic rings. The van der Waals surface area contributed by atoms with Gasteiger partial charge in [-0.3, -0.25) is 0 Å². The van der Waals surface area contributed by atoms with Gasteiger partial charge in [0.05, 0.1) is 0 Å². The second kappa shape index (κ2) is 5.04. The molecule has 0 saturated heterocycles. The van der Waals surface area contributed by atoms with Crippen LogP contribution >= 0.6 is 15.9 Å². The first-order chi connectivity index (χ1) is 9.56. The van der Waals surface area contributed by atoms with E-state index in [0.29, 0.717) is 15.8 Å². The van der Waals surface area contributed by atoms with E-state index in [9.17, 15) is 9.50 Å². The van der Waals surface area contributed by atoms with Crippen LogP contribution in [0.25, 0.3) is 11.0 Å². The Kier molecular flexibility index (Phi) is 3.36. The molecule has 0 fully saturated rings. The highest BCUT2D eigenvalue weighted by molar-refractivity contribution is 9.10. The van der Waals surface area contributed by atoms with E-state index in [2.05, 4.69) is 15.9 Å². The molecule has 3 rings (SSSR count). The average molecular weight is 335 g/mol. The first-order valence-corrected chi connectivity index (χ1v) is 6.97. The molecule has 0 saturated carbocycles. The molecule has 20 heavy (non-hydrogen) atoms. The van der Waals surface area contributed by atoms with Crippen LogP contribution < -0.4 is 0 Å². The second-order valence-electron chi connectivity index (χ2n) is 4.73. The first kappa shape index (κ1) is 13.3. The number of fused-ring (bicyclic) bond motifs is 1. The number of aliphatic hydroxyl groups is 1. The molecule has 1 N–H and O–H groups in total. The Morgan fingerprint density at radius 1 is 1.20 bits per heavy atom. The molecule has 0 bridgehead atoms. The molecule has 0 aliphatic carbocycles. The Morgan fingerprint density at radius 2 is 2.00 bits per heavy atom. The fourth-order valence-electron chi connectivity index (χ4n) is 2.23. The molecule has 1 aromatic heterocycles. The molecular formula is C16H12BrFO2. The second-order valence-corrected chi connectivity index (χ2v) is 5.58. The predicted octanol–water partition coefficient (Wildman–Crippen LogP) is 4.72. The molecular weight excluding hydrogens is 323 g/mol. The monoisotopic (exact) mass is 334 g/mol. The summed E-state index contributed by atoms with van der Waals surface area (Å²) in [5.41, 5.74) is 1.96. The van der Waals surface area contributed by atoms with Crippen LogP contribution in [-0.4, -0.2) is 5.11 Å². The van der Waals surface area contributed by atoms with Crippen molar-refractivity contribution in [2.75, 3.05) is 0 Å². The van der Waals surface area contributed by atoms with Gasteiger partial charge in [-0.25, -0.2) is 4.39 Å². The third-order valence-corrected chi connectivity index (χ3v) is 3.93. The van der Waals surface area contributed by atoms with E-state index in [4.69, 9.17) is 4.42 Å². The molecule has 2 aromatic carbocycles. The van der Waals surface area contributed by atoms with Gasteiger partial charge in [0.2, 0.25) is 0 Å². The Bertz CT molecular complexity index is 759. The normalized spacial score (nSPS) is 12.8. The SMILES string of the molecule is Cc1ccc2oc(C(O)c3c(F)cccc3Br)cc2c1. The molecule has 0 spiro atoms. The molecule has 0 amide bonds. The highest BCUT2D eigenvalue weighted by Crippen LogP contribution is 2.33. The molecule has 0 aliphatic heterocycles. The minimum absolute atomic E-state index is 0.184. The lowest BCUT2D eigenvalue weighted by Crippen LogP contribution is -2.02. The minimum atomic E-state index is -1.14. The van der Waals surface area contributed by atoms with E-state index < -0.39 is 11.9 Å². The van der Waals surface area contributed by atoms with Crippen LogP contribution in [0.2, 0.25) is 0 Å². The van der Waals surface area contributed by atoms with Crippen molar-refractivity contribution in [3.8, 4) is 0 Å². The number of aryl methyl sites for hydroxylation is 1. The van der Waals surface area contributed by atoms with Crippen molar-refractivity contribution in [1.29, 1.82) is 0 Å². The van der Waals surface area contributed by atoms with Gasteiger partial charge in [-0.05, 0) is 37.3 Å². The standard InChI is InChI=1S/C16H12BrFO2/c1-9-5-6-13-10(7-9)8-14(20-13)16(19)15-11(17)3-2-4-12(15)18/h2-8,16,19H,1H3. The summed E-state index contributed by atoms with van der Waals surface area (Å²) in [6.45, 7) is 1.98. The van der Waals surface area contributed by atoms with E-state index in [1.807, 2.05) is 25.1 Å². The molecule has 2 nitrogen and oxygen atoms in total. The number of aliphatic hydroxyl groups excluding tert-OH is 1. The van der Waals surface area contributed by atoms with Crippen molar-refractivity contribution in [3.05, 3.63) is 69.6 Å². The van der Waals surface area contributed by atoms with Crippen LogP contribution in [0.5, 0.6) is 0 Å². The molecule has 1 heterocycles. The summed E-state index contributed by atoms with van der Waals surface area (Å²) in [6.07, 6.45) is -1.14. The predicted molar refractivity (Wildman–Crippen MR) is 79.1 cm³/mol. The summed E-state index contributed by atoms with van der Waals surface area (Å²) in [4.78, 5) is 0. The van der Waals surface area contributed by atoms with Crippen LogP contribution in [0.1, 0.15) is 23.0 Å². The zero-order chi connectivity index (χ0) is 14.3. The fourth-order valence-corrected chi connectivity index (χ4v) is 2.79. The zero-order valence-electron chi connectivity index (χ0n) is 10.7. The lowest BCUT2D eigenvalue weighted by molar-refractivity contribution is 0.187. The summed E-state index contributed by atoms with van der Waals surface area (Å²) in [6, 6.07) is 12.1. The van der Waals surface area contributed by atoms with Crippen LogP contribution in [0.4, 0.5) is 4.39 Å². The number of furan rings is 1. The third kappa shape index (κ3) is 2.25. The fraction of sp³-hybridized carbons (Fsp3) is 0.125. The summed E-state index contributed by atoms with van der Waals surface area (Å²) >= 11 is 3.26. The number of hydrogen-bond acceptors (Lipinski definition) is 2. The summed E-state index contributed by atoms with van der Waals surface area (Å²) in [7, 11) is 0. The molecule has 102 valence electrons. The van der Waals surface area contributed by atoms with Gasteiger partial charge in [-0.15, -0.1) is 0 Å². The molecule has 1 atom stereocenters. The number of hydrogen-bond donors (Lipinski definition) is 1. The minimum Gasteiger partial charge on any atom is -0.458 e. The Balaban J connectivity index is 2.10. The number of rotatable bonds is 2. The van der Waals surface area contributed by atoms with Crippen molar-refractivity contribution in [2.24, 2.45) is 0 Å². The van der Waals surface area contributed by atoms with Crippen LogP contribution in [-0.2, 0) is 0 Å². The van der Waals surface area contributed by atoms with Crippen molar-refractivity contribution in [1.82, 2.24) is 0 Å². The number of halogens is 2. The largest absolute Gasteiger partial charge is 0.458 e. The van der Waals surface area contributed by atoms with Gasteiger partial charge < -0.3 is 9.52 Å². The van der Waals surface area contributed by atoms with Gasteiger partial charge in [0.15, 0.2) is 0 Å². The molecule has 1 unspecified atom stereocenters. The summed E-state index contributed by atoms with van der Waals surface area (Å²) < 4.78 is 20.0. The summed E-state index contributed by atoms with van der Waals surface area (Å²) in [5.74, 6) is -0.139. The summed E-state index contributed by atoms with van der Waals surface area (Å²) in [5, 5.41) is 11.3. The Hall–Kier alpha value is -1.65. The van der Waals surface area contributed by atoms with Gasteiger partial charge in [0.25, 0.3) is 0 Å². The van der Waals surface area contributed by atoms with Gasteiger partial charge in [-0.1, -0.05) is 33.6 Å². The lowest BCUT2D eigenvalue weighted by atomic mass is 10.1. The van der Waals surface area contributed by atoms with E-state index in [1.165, 1.54) is 6.07 Å². The van der Waals surface area contributed by atoms with Gasteiger partial charge in [0.1, 0.15) is 23.3 Å². The van der Waals surface area contributed by atoms with E-state index in [1.54, 1.807) is 18.2 Å². The van der Waals surface area contributed by atoms with Crippen molar-refractivity contribution in [2.45, 2.75) is 13.0 Å². The van der Waals surface area contributed by atoms with Crippen LogP contribution in [0, 0.1) is 12.7 Å². The molecule has 4 heteroatoms. The topological polar surface area (TPSA) is 33.4 Å². The van der Waals surface area contributed by atoms with E-state index in [0.717, 1.165) is 10.9 Å². The average Bonchev–Trinajstić information content (AvgIpc) is 2.81. The van der Waals surface area contributed by atoms with Crippen LogP contribution in [0.15, 0.2) is 51.4 Å². The van der Waals surface area contributed by atoms with Crippen LogP contribution in [0.3, 0.4) is 0 Å². The Morgan fingerprint density at radius 3 is 2.75 bits per heavy atom. The van der Waals surface area contributed by atoms with E-state index >= 15 is 0 Å². The highest BCUT2D eigenvalue weighted by Gasteiger charge is 2.21. The maximum atomic E-state index is 13.9. The number of benzene rings is 2. The quantitative estimate of drug-likeness (QED) is 0.735. The van der Waals surface area contributed by atoms with Gasteiger partial charge >= 0.3 is 0 Å². The maximum Gasteiger partial charge on any atom is 0.141 e. The smallest absolute Gasteiger partial charge is 0.141 e.